The van der Waals surface area contributed by atoms with Crippen molar-refractivity contribution in [2.75, 3.05) is 12.4 Å². The second-order valence-electron chi connectivity index (χ2n) is 4.78. The third-order valence-electron chi connectivity index (χ3n) is 3.17. The van der Waals surface area contributed by atoms with Crippen molar-refractivity contribution in [2.24, 2.45) is 0 Å². The average Bonchev–Trinajstić information content (AvgIpc) is 2.48. The van der Waals surface area contributed by atoms with Crippen LogP contribution in [0.1, 0.15) is 22.8 Å². The van der Waals surface area contributed by atoms with E-state index in [-0.39, 0.29) is 11.9 Å². The fourth-order valence-corrected chi connectivity index (χ4v) is 2.12. The zero-order valence-electron chi connectivity index (χ0n) is 12.3. The zero-order chi connectivity index (χ0) is 15.4. The molecule has 0 atom stereocenters. The van der Waals surface area contributed by atoms with Crippen molar-refractivity contribution in [3.63, 3.8) is 0 Å². The van der Waals surface area contributed by atoms with E-state index in [9.17, 15) is 9.59 Å². The molecule has 0 aliphatic heterocycles. The SMILES string of the molecule is COC(=O)c1ccc(-c2cc(NC(C)=O)ccc2C)cc1. The Labute approximate surface area is 123 Å². The van der Waals surface area contributed by atoms with Crippen LogP contribution in [0.5, 0.6) is 0 Å². The Bertz CT molecular complexity index is 675. The molecule has 2 aromatic rings. The van der Waals surface area contributed by atoms with Crippen LogP contribution in [0.3, 0.4) is 0 Å². The van der Waals surface area contributed by atoms with Gasteiger partial charge >= 0.3 is 5.97 Å². The van der Waals surface area contributed by atoms with Crippen LogP contribution >= 0.6 is 0 Å². The molecule has 4 nitrogen and oxygen atoms in total. The molecule has 4 heteroatoms. The number of amides is 1. The fraction of sp³-hybridized carbons (Fsp3) is 0.176. The molecule has 108 valence electrons. The number of benzene rings is 2. The summed E-state index contributed by atoms with van der Waals surface area (Å²) in [6, 6.07) is 12.9. The van der Waals surface area contributed by atoms with E-state index < -0.39 is 0 Å². The van der Waals surface area contributed by atoms with E-state index in [2.05, 4.69) is 10.1 Å². The van der Waals surface area contributed by atoms with Gasteiger partial charge in [-0.2, -0.15) is 0 Å². The smallest absolute Gasteiger partial charge is 0.337 e. The van der Waals surface area contributed by atoms with Crippen molar-refractivity contribution in [1.82, 2.24) is 0 Å². The third kappa shape index (κ3) is 3.48. The molecule has 0 saturated carbocycles. The highest BCUT2D eigenvalue weighted by Crippen LogP contribution is 2.27. The molecule has 0 fully saturated rings. The number of ether oxygens (including phenoxy) is 1. The maximum Gasteiger partial charge on any atom is 0.337 e. The average molecular weight is 283 g/mol. The van der Waals surface area contributed by atoms with Gasteiger partial charge in [0.1, 0.15) is 0 Å². The topological polar surface area (TPSA) is 55.4 Å². The number of esters is 1. The first-order chi connectivity index (χ1) is 10.0. The van der Waals surface area contributed by atoms with Crippen molar-refractivity contribution < 1.29 is 14.3 Å². The van der Waals surface area contributed by atoms with Crippen molar-refractivity contribution in [1.29, 1.82) is 0 Å². The summed E-state index contributed by atoms with van der Waals surface area (Å²) in [5.41, 5.74) is 4.34. The van der Waals surface area contributed by atoms with Gasteiger partial charge in [0.05, 0.1) is 12.7 Å². The molecular formula is C17H17NO3. The highest BCUT2D eigenvalue weighted by Gasteiger charge is 2.08. The van der Waals surface area contributed by atoms with Gasteiger partial charge < -0.3 is 10.1 Å². The standard InChI is InChI=1S/C17H17NO3/c1-11-4-9-15(18-12(2)19)10-16(11)13-5-7-14(8-6-13)17(20)21-3/h4-10H,1-3H3,(H,18,19). The molecule has 1 amide bonds. The normalized spacial score (nSPS) is 10.0. The monoisotopic (exact) mass is 283 g/mol. The zero-order valence-corrected chi connectivity index (χ0v) is 12.3. The minimum Gasteiger partial charge on any atom is -0.465 e. The predicted molar refractivity (Wildman–Crippen MR) is 82.3 cm³/mol. The van der Waals surface area contributed by atoms with Gasteiger partial charge in [-0.05, 0) is 47.9 Å². The molecule has 2 aromatic carbocycles. The Hall–Kier alpha value is -2.62. The van der Waals surface area contributed by atoms with Crippen molar-refractivity contribution in [2.45, 2.75) is 13.8 Å². The summed E-state index contributed by atoms with van der Waals surface area (Å²) in [5, 5.41) is 2.77. The van der Waals surface area contributed by atoms with Gasteiger partial charge in [0.2, 0.25) is 5.91 Å². The van der Waals surface area contributed by atoms with Gasteiger partial charge in [-0.25, -0.2) is 4.79 Å². The molecule has 1 N–H and O–H groups in total. The quantitative estimate of drug-likeness (QED) is 0.878. The van der Waals surface area contributed by atoms with Crippen LogP contribution in [0.15, 0.2) is 42.5 Å². The van der Waals surface area contributed by atoms with Gasteiger partial charge in [0.15, 0.2) is 0 Å². The molecule has 0 aromatic heterocycles. The Kier molecular flexibility index (Phi) is 4.38. The van der Waals surface area contributed by atoms with E-state index in [4.69, 9.17) is 0 Å². The maximum atomic E-state index is 11.4. The van der Waals surface area contributed by atoms with Crippen LogP contribution in [-0.2, 0) is 9.53 Å². The molecule has 0 bridgehead atoms. The lowest BCUT2D eigenvalue weighted by Gasteiger charge is -2.10. The minimum atomic E-state index is -0.356. The van der Waals surface area contributed by atoms with E-state index in [0.717, 1.165) is 22.4 Å². The first-order valence-electron chi connectivity index (χ1n) is 6.58. The number of nitrogens with one attached hydrogen (secondary N) is 1. The number of methoxy groups -OCH3 is 1. The molecule has 0 radical (unpaired) electrons. The number of hydrogen-bond acceptors (Lipinski definition) is 3. The number of anilines is 1. The summed E-state index contributed by atoms with van der Waals surface area (Å²) >= 11 is 0. The predicted octanol–water partition coefficient (Wildman–Crippen LogP) is 3.41. The van der Waals surface area contributed by atoms with Crippen LogP contribution < -0.4 is 5.32 Å². The number of rotatable bonds is 3. The molecule has 0 saturated heterocycles. The largest absolute Gasteiger partial charge is 0.465 e. The van der Waals surface area contributed by atoms with Crippen LogP contribution in [0, 0.1) is 6.92 Å². The lowest BCUT2D eigenvalue weighted by molar-refractivity contribution is -0.114. The third-order valence-corrected chi connectivity index (χ3v) is 3.17. The molecule has 0 spiro atoms. The molecule has 0 heterocycles. The van der Waals surface area contributed by atoms with E-state index in [0.29, 0.717) is 5.56 Å². The molecule has 0 unspecified atom stereocenters. The molecule has 21 heavy (non-hydrogen) atoms. The summed E-state index contributed by atoms with van der Waals surface area (Å²) in [4.78, 5) is 22.6. The van der Waals surface area contributed by atoms with Crippen LogP contribution in [0.4, 0.5) is 5.69 Å². The van der Waals surface area contributed by atoms with Crippen LogP contribution in [-0.4, -0.2) is 19.0 Å². The highest BCUT2D eigenvalue weighted by atomic mass is 16.5. The van der Waals surface area contributed by atoms with E-state index >= 15 is 0 Å². The van der Waals surface area contributed by atoms with Gasteiger partial charge in [0.25, 0.3) is 0 Å². The second-order valence-corrected chi connectivity index (χ2v) is 4.78. The number of hydrogen-bond donors (Lipinski definition) is 1. The van der Waals surface area contributed by atoms with E-state index in [1.165, 1.54) is 14.0 Å². The Morgan fingerprint density at radius 2 is 1.71 bits per heavy atom. The van der Waals surface area contributed by atoms with Crippen molar-refractivity contribution >= 4 is 17.6 Å². The molecule has 0 aliphatic rings. The van der Waals surface area contributed by atoms with Gasteiger partial charge in [-0.3, -0.25) is 4.79 Å². The number of carbonyl (C=O) groups is 2. The second kappa shape index (κ2) is 6.22. The van der Waals surface area contributed by atoms with E-state index in [1.54, 1.807) is 12.1 Å². The van der Waals surface area contributed by atoms with Crippen molar-refractivity contribution in [3.8, 4) is 11.1 Å². The maximum absolute atomic E-state index is 11.4. The summed E-state index contributed by atoms with van der Waals surface area (Å²) in [6.07, 6.45) is 0. The summed E-state index contributed by atoms with van der Waals surface area (Å²) < 4.78 is 4.68. The van der Waals surface area contributed by atoms with E-state index in [1.807, 2.05) is 37.3 Å². The number of aryl methyl sites for hydroxylation is 1. The van der Waals surface area contributed by atoms with Crippen LogP contribution in [0.25, 0.3) is 11.1 Å². The summed E-state index contributed by atoms with van der Waals surface area (Å²) in [7, 11) is 1.36. The Morgan fingerprint density at radius 3 is 2.29 bits per heavy atom. The first kappa shape index (κ1) is 14.8. The van der Waals surface area contributed by atoms with Gasteiger partial charge in [0, 0.05) is 12.6 Å². The van der Waals surface area contributed by atoms with Crippen molar-refractivity contribution in [3.05, 3.63) is 53.6 Å². The number of carbonyl (C=O) groups excluding carboxylic acids is 2. The lowest BCUT2D eigenvalue weighted by Crippen LogP contribution is -2.05. The molecule has 0 aliphatic carbocycles. The van der Waals surface area contributed by atoms with Gasteiger partial charge in [-0.15, -0.1) is 0 Å². The minimum absolute atomic E-state index is 0.106. The Balaban J connectivity index is 2.36. The molecule has 2 rings (SSSR count). The van der Waals surface area contributed by atoms with Gasteiger partial charge in [-0.1, -0.05) is 18.2 Å². The first-order valence-corrected chi connectivity index (χ1v) is 6.58. The summed E-state index contributed by atoms with van der Waals surface area (Å²) in [5.74, 6) is -0.462. The molecular weight excluding hydrogens is 266 g/mol. The summed E-state index contributed by atoms with van der Waals surface area (Å²) in [6.45, 7) is 3.48. The lowest BCUT2D eigenvalue weighted by atomic mass is 9.99. The highest BCUT2D eigenvalue weighted by molar-refractivity contribution is 5.91. The van der Waals surface area contributed by atoms with Crippen LogP contribution in [0.2, 0.25) is 0 Å². The fourth-order valence-electron chi connectivity index (χ4n) is 2.12. The Morgan fingerprint density at radius 1 is 1.05 bits per heavy atom.